The van der Waals surface area contributed by atoms with Gasteiger partial charge in [-0.05, 0) is 42.8 Å². The Morgan fingerprint density at radius 1 is 1.30 bits per heavy atom. The Morgan fingerprint density at radius 2 is 1.93 bits per heavy atom. The summed E-state index contributed by atoms with van der Waals surface area (Å²) in [5, 5.41) is 6.57. The SMILES string of the molecule is CCC(=O)Nc1ccc(C2NC(=S)N(C)C(C)=C2C(=O)OCC(C)C)cc1. The molecule has 0 saturated heterocycles. The summed E-state index contributed by atoms with van der Waals surface area (Å²) >= 11 is 5.40. The van der Waals surface area contributed by atoms with Crippen LogP contribution < -0.4 is 10.6 Å². The highest BCUT2D eigenvalue weighted by molar-refractivity contribution is 7.80. The average Bonchev–Trinajstić information content (AvgIpc) is 2.64. The number of carbonyl (C=O) groups is 2. The van der Waals surface area contributed by atoms with E-state index in [-0.39, 0.29) is 17.8 Å². The monoisotopic (exact) mass is 389 g/mol. The highest BCUT2D eigenvalue weighted by Crippen LogP contribution is 2.31. The molecular weight excluding hydrogens is 362 g/mol. The van der Waals surface area contributed by atoms with Crippen molar-refractivity contribution in [2.24, 2.45) is 5.92 Å². The van der Waals surface area contributed by atoms with Crippen molar-refractivity contribution in [2.45, 2.75) is 40.2 Å². The van der Waals surface area contributed by atoms with Crippen molar-refractivity contribution in [3.8, 4) is 0 Å². The maximum absolute atomic E-state index is 12.8. The number of benzene rings is 1. The Bertz CT molecular complexity index is 756. The molecule has 146 valence electrons. The van der Waals surface area contributed by atoms with Crippen LogP contribution in [0.3, 0.4) is 0 Å². The molecule has 0 saturated carbocycles. The van der Waals surface area contributed by atoms with E-state index in [0.717, 1.165) is 11.3 Å². The van der Waals surface area contributed by atoms with Crippen LogP contribution in [0.15, 0.2) is 35.5 Å². The lowest BCUT2D eigenvalue weighted by molar-refractivity contribution is -0.140. The number of hydrogen-bond acceptors (Lipinski definition) is 4. The van der Waals surface area contributed by atoms with Gasteiger partial charge in [0.2, 0.25) is 5.91 Å². The fourth-order valence-electron chi connectivity index (χ4n) is 2.68. The number of hydrogen-bond donors (Lipinski definition) is 2. The second-order valence-corrected chi connectivity index (χ2v) is 7.34. The van der Waals surface area contributed by atoms with Crippen molar-refractivity contribution in [1.29, 1.82) is 0 Å². The molecule has 1 aromatic rings. The third kappa shape index (κ3) is 5.07. The van der Waals surface area contributed by atoms with Crippen LogP contribution in [-0.2, 0) is 14.3 Å². The summed E-state index contributed by atoms with van der Waals surface area (Å²) in [6, 6.07) is 6.99. The van der Waals surface area contributed by atoms with Gasteiger partial charge in [-0.2, -0.15) is 0 Å². The van der Waals surface area contributed by atoms with Gasteiger partial charge in [0, 0.05) is 24.9 Å². The zero-order valence-corrected chi connectivity index (χ0v) is 17.3. The van der Waals surface area contributed by atoms with Gasteiger partial charge >= 0.3 is 5.97 Å². The number of nitrogens with one attached hydrogen (secondary N) is 2. The van der Waals surface area contributed by atoms with Crippen LogP contribution in [0.4, 0.5) is 5.69 Å². The Hall–Kier alpha value is -2.41. The van der Waals surface area contributed by atoms with E-state index in [1.807, 2.05) is 52.1 Å². The first-order valence-corrected chi connectivity index (χ1v) is 9.47. The number of esters is 1. The zero-order valence-electron chi connectivity index (χ0n) is 16.5. The van der Waals surface area contributed by atoms with E-state index in [0.29, 0.717) is 29.4 Å². The summed E-state index contributed by atoms with van der Waals surface area (Å²) in [5.41, 5.74) is 2.89. The van der Waals surface area contributed by atoms with Crippen LogP contribution >= 0.6 is 12.2 Å². The summed E-state index contributed by atoms with van der Waals surface area (Å²) in [6.07, 6.45) is 0.417. The number of allylic oxidation sites excluding steroid dienone is 1. The molecule has 1 heterocycles. The van der Waals surface area contributed by atoms with Crippen molar-refractivity contribution in [1.82, 2.24) is 10.2 Å². The lowest BCUT2D eigenvalue weighted by Gasteiger charge is -2.35. The number of nitrogens with zero attached hydrogens (tertiary/aromatic N) is 1. The molecule has 0 radical (unpaired) electrons. The Morgan fingerprint density at radius 3 is 2.48 bits per heavy atom. The van der Waals surface area contributed by atoms with Gasteiger partial charge in [0.05, 0.1) is 18.2 Å². The average molecular weight is 390 g/mol. The second-order valence-electron chi connectivity index (χ2n) is 6.96. The Labute approximate surface area is 166 Å². The third-order valence-electron chi connectivity index (χ3n) is 4.37. The van der Waals surface area contributed by atoms with Crippen LogP contribution in [0.2, 0.25) is 0 Å². The van der Waals surface area contributed by atoms with Gasteiger partial charge in [-0.1, -0.05) is 32.9 Å². The third-order valence-corrected chi connectivity index (χ3v) is 4.76. The topological polar surface area (TPSA) is 70.7 Å². The molecule has 2 rings (SSSR count). The maximum Gasteiger partial charge on any atom is 0.338 e. The van der Waals surface area contributed by atoms with Crippen LogP contribution in [0.1, 0.15) is 45.7 Å². The van der Waals surface area contributed by atoms with E-state index < -0.39 is 6.04 Å². The van der Waals surface area contributed by atoms with Crippen LogP contribution in [0.5, 0.6) is 0 Å². The standard InChI is InChI=1S/C20H27N3O3S/c1-6-16(24)21-15-9-7-14(8-10-15)18-17(19(25)26-11-12(2)3)13(4)23(5)20(27)22-18/h7-10,12,18H,6,11H2,1-5H3,(H,21,24)(H,22,27). The molecule has 0 aliphatic carbocycles. The van der Waals surface area contributed by atoms with Gasteiger partial charge < -0.3 is 20.3 Å². The molecule has 2 N–H and O–H groups in total. The summed E-state index contributed by atoms with van der Waals surface area (Å²) in [7, 11) is 1.82. The van der Waals surface area contributed by atoms with E-state index in [2.05, 4.69) is 10.6 Å². The highest BCUT2D eigenvalue weighted by Gasteiger charge is 2.33. The minimum absolute atomic E-state index is 0.0463. The first kappa shape index (κ1) is 20.9. The number of rotatable bonds is 6. The predicted octanol–water partition coefficient (Wildman–Crippen LogP) is 3.37. The van der Waals surface area contributed by atoms with Gasteiger partial charge in [-0.25, -0.2) is 4.79 Å². The molecule has 1 unspecified atom stereocenters. The fraction of sp³-hybridized carbons (Fsp3) is 0.450. The number of anilines is 1. The Kier molecular flexibility index (Phi) is 6.96. The molecule has 0 fully saturated rings. The van der Waals surface area contributed by atoms with E-state index in [1.54, 1.807) is 11.8 Å². The van der Waals surface area contributed by atoms with E-state index >= 15 is 0 Å². The smallest absolute Gasteiger partial charge is 0.338 e. The molecule has 1 aliphatic rings. The number of ether oxygens (including phenoxy) is 1. The largest absolute Gasteiger partial charge is 0.462 e. The van der Waals surface area contributed by atoms with Gasteiger partial charge in [0.25, 0.3) is 0 Å². The second kappa shape index (κ2) is 8.99. The van der Waals surface area contributed by atoms with Crippen molar-refractivity contribution < 1.29 is 14.3 Å². The first-order chi connectivity index (χ1) is 12.7. The molecule has 1 aromatic carbocycles. The number of carbonyl (C=O) groups excluding carboxylic acids is 2. The molecule has 6 nitrogen and oxygen atoms in total. The molecule has 0 bridgehead atoms. The molecule has 27 heavy (non-hydrogen) atoms. The van der Waals surface area contributed by atoms with E-state index in [4.69, 9.17) is 17.0 Å². The summed E-state index contributed by atoms with van der Waals surface area (Å²) in [5.74, 6) is -0.142. The van der Waals surface area contributed by atoms with Crippen LogP contribution in [-0.4, -0.2) is 35.5 Å². The fourth-order valence-corrected chi connectivity index (χ4v) is 2.93. The van der Waals surface area contributed by atoms with Crippen molar-refractivity contribution >= 4 is 34.9 Å². The van der Waals surface area contributed by atoms with Crippen molar-refractivity contribution in [3.05, 3.63) is 41.1 Å². The lowest BCUT2D eigenvalue weighted by Crippen LogP contribution is -2.46. The molecule has 1 amide bonds. The van der Waals surface area contributed by atoms with E-state index in [9.17, 15) is 9.59 Å². The summed E-state index contributed by atoms with van der Waals surface area (Å²) in [6.45, 7) is 8.02. The Balaban J connectivity index is 2.32. The maximum atomic E-state index is 12.8. The normalized spacial score (nSPS) is 17.0. The predicted molar refractivity (Wildman–Crippen MR) is 110 cm³/mol. The quantitative estimate of drug-likeness (QED) is 0.574. The highest BCUT2D eigenvalue weighted by atomic mass is 32.1. The minimum atomic E-state index is -0.399. The lowest BCUT2D eigenvalue weighted by atomic mass is 9.95. The molecule has 1 atom stereocenters. The summed E-state index contributed by atoms with van der Waals surface area (Å²) in [4.78, 5) is 26.1. The number of thiocarbonyl (C=S) groups is 1. The summed E-state index contributed by atoms with van der Waals surface area (Å²) < 4.78 is 5.48. The van der Waals surface area contributed by atoms with Crippen LogP contribution in [0, 0.1) is 5.92 Å². The van der Waals surface area contributed by atoms with Crippen molar-refractivity contribution in [3.63, 3.8) is 0 Å². The van der Waals surface area contributed by atoms with Gasteiger partial charge in [-0.15, -0.1) is 0 Å². The molecule has 0 spiro atoms. The van der Waals surface area contributed by atoms with E-state index in [1.165, 1.54) is 0 Å². The minimum Gasteiger partial charge on any atom is -0.462 e. The van der Waals surface area contributed by atoms with Gasteiger partial charge in [0.1, 0.15) is 0 Å². The van der Waals surface area contributed by atoms with Gasteiger partial charge in [-0.3, -0.25) is 4.79 Å². The number of amides is 1. The molecule has 0 aromatic heterocycles. The molecule has 7 heteroatoms. The van der Waals surface area contributed by atoms with Crippen molar-refractivity contribution in [2.75, 3.05) is 19.0 Å². The molecular formula is C20H27N3O3S. The molecule has 1 aliphatic heterocycles. The van der Waals surface area contributed by atoms with Gasteiger partial charge in [0.15, 0.2) is 5.11 Å². The first-order valence-electron chi connectivity index (χ1n) is 9.06. The zero-order chi connectivity index (χ0) is 20.1. The van der Waals surface area contributed by atoms with Crippen LogP contribution in [0.25, 0.3) is 0 Å².